The molecular weight excluding hydrogens is 351 g/mol. The molecule has 1 saturated carbocycles. The zero-order chi connectivity index (χ0) is 17.8. The number of aromatic nitrogens is 2. The number of alkyl halides is 3. The predicted molar refractivity (Wildman–Crippen MR) is 93.2 cm³/mol. The third-order valence-corrected chi connectivity index (χ3v) is 6.18. The smallest absolute Gasteiger partial charge is 0.357 e. The first-order valence-electron chi connectivity index (χ1n) is 8.32. The molecule has 5 nitrogen and oxygen atoms in total. The van der Waals surface area contributed by atoms with Crippen LogP contribution in [0.3, 0.4) is 0 Å². The van der Waals surface area contributed by atoms with Gasteiger partial charge in [-0.15, -0.1) is 11.3 Å². The summed E-state index contributed by atoms with van der Waals surface area (Å²) in [5.41, 5.74) is 6.21. The van der Waals surface area contributed by atoms with Crippen molar-refractivity contribution in [2.75, 3.05) is 30.4 Å². The molecule has 0 amide bonds. The number of nitrogens with one attached hydrogen (secondary N) is 1. The van der Waals surface area contributed by atoms with E-state index in [1.807, 2.05) is 0 Å². The van der Waals surface area contributed by atoms with E-state index in [0.29, 0.717) is 16.2 Å². The molecule has 2 aromatic rings. The van der Waals surface area contributed by atoms with Crippen molar-refractivity contribution in [3.05, 3.63) is 10.9 Å². The van der Waals surface area contributed by atoms with Crippen LogP contribution in [0.2, 0.25) is 0 Å². The van der Waals surface area contributed by atoms with Gasteiger partial charge in [0.25, 0.3) is 0 Å². The van der Waals surface area contributed by atoms with Crippen molar-refractivity contribution < 1.29 is 13.2 Å². The SMILES string of the molecule is CNc1nc(N2CCC3(CC(N)C3)C2)c2cc(CC(F)(F)F)sc2n1. The molecule has 1 aliphatic carbocycles. The Balaban J connectivity index is 1.69. The summed E-state index contributed by atoms with van der Waals surface area (Å²) in [6, 6.07) is 1.87. The van der Waals surface area contributed by atoms with Gasteiger partial charge in [0, 0.05) is 31.1 Å². The van der Waals surface area contributed by atoms with E-state index in [9.17, 15) is 13.2 Å². The molecule has 0 unspecified atom stereocenters. The molecule has 3 heterocycles. The first-order valence-corrected chi connectivity index (χ1v) is 9.14. The maximum atomic E-state index is 12.7. The largest absolute Gasteiger partial charge is 0.393 e. The van der Waals surface area contributed by atoms with E-state index in [4.69, 9.17) is 5.73 Å². The molecular formula is C16H20F3N5S. The van der Waals surface area contributed by atoms with Crippen molar-refractivity contribution in [1.82, 2.24) is 9.97 Å². The zero-order valence-corrected chi connectivity index (χ0v) is 14.7. The lowest BCUT2D eigenvalue weighted by molar-refractivity contribution is -0.126. The standard InChI is InChI=1S/C16H20F3N5S/c1-21-14-22-12(24-3-2-15(8-24)5-9(20)6-15)11-4-10(7-16(17,18)19)25-13(11)23-14/h4,9H,2-3,5-8,20H2,1H3,(H,21,22,23). The van der Waals surface area contributed by atoms with Gasteiger partial charge in [0.1, 0.15) is 10.6 Å². The summed E-state index contributed by atoms with van der Waals surface area (Å²) in [4.78, 5) is 11.9. The second-order valence-electron chi connectivity index (χ2n) is 7.18. The number of anilines is 2. The molecule has 3 N–H and O–H groups in total. The summed E-state index contributed by atoms with van der Waals surface area (Å²) in [6.07, 6.45) is -2.07. The Morgan fingerprint density at radius 1 is 1.40 bits per heavy atom. The fraction of sp³-hybridized carbons (Fsp3) is 0.625. The number of nitrogens with two attached hydrogens (primary N) is 1. The minimum absolute atomic E-state index is 0.251. The highest BCUT2D eigenvalue weighted by atomic mass is 32.1. The molecule has 2 aromatic heterocycles. The van der Waals surface area contributed by atoms with Crippen molar-refractivity contribution in [3.63, 3.8) is 0 Å². The number of rotatable bonds is 3. The second-order valence-corrected chi connectivity index (χ2v) is 8.30. The van der Waals surface area contributed by atoms with Gasteiger partial charge in [-0.25, -0.2) is 4.98 Å². The Morgan fingerprint density at radius 3 is 2.80 bits per heavy atom. The van der Waals surface area contributed by atoms with Crippen LogP contribution < -0.4 is 16.0 Å². The quantitative estimate of drug-likeness (QED) is 0.868. The van der Waals surface area contributed by atoms with Gasteiger partial charge >= 0.3 is 6.18 Å². The maximum absolute atomic E-state index is 12.7. The first kappa shape index (κ1) is 16.8. The number of fused-ring (bicyclic) bond motifs is 1. The van der Waals surface area contributed by atoms with E-state index in [0.717, 1.165) is 49.5 Å². The van der Waals surface area contributed by atoms with Crippen LogP contribution in [0.25, 0.3) is 10.2 Å². The molecule has 2 fully saturated rings. The molecule has 2 aliphatic rings. The average Bonchev–Trinajstić information content (AvgIpc) is 3.07. The number of halogens is 3. The predicted octanol–water partition coefficient (Wildman–Crippen LogP) is 3.16. The molecule has 0 atom stereocenters. The van der Waals surface area contributed by atoms with Crippen molar-refractivity contribution >= 4 is 33.3 Å². The Labute approximate surface area is 147 Å². The Bertz CT molecular complexity index is 797. The highest BCUT2D eigenvalue weighted by Gasteiger charge is 2.47. The van der Waals surface area contributed by atoms with Crippen LogP contribution in [0.4, 0.5) is 24.9 Å². The summed E-state index contributed by atoms with van der Waals surface area (Å²) < 4.78 is 38.2. The zero-order valence-electron chi connectivity index (χ0n) is 13.9. The van der Waals surface area contributed by atoms with Crippen molar-refractivity contribution in [2.45, 2.75) is 37.9 Å². The van der Waals surface area contributed by atoms with Gasteiger partial charge in [-0.1, -0.05) is 0 Å². The third kappa shape index (κ3) is 3.15. The minimum atomic E-state index is -4.22. The fourth-order valence-electron chi connectivity index (χ4n) is 4.10. The van der Waals surface area contributed by atoms with Crippen LogP contribution in [-0.4, -0.2) is 42.3 Å². The highest BCUT2D eigenvalue weighted by molar-refractivity contribution is 7.18. The summed E-state index contributed by atoms with van der Waals surface area (Å²) in [5.74, 6) is 1.17. The van der Waals surface area contributed by atoms with Crippen molar-refractivity contribution in [2.24, 2.45) is 11.1 Å². The number of nitrogens with zero attached hydrogens (tertiary/aromatic N) is 3. The molecule has 0 aromatic carbocycles. The van der Waals surface area contributed by atoms with Gasteiger partial charge in [-0.3, -0.25) is 0 Å². The fourth-order valence-corrected chi connectivity index (χ4v) is 5.15. The molecule has 25 heavy (non-hydrogen) atoms. The Morgan fingerprint density at radius 2 is 2.16 bits per heavy atom. The van der Waals surface area contributed by atoms with Crippen LogP contribution in [-0.2, 0) is 6.42 Å². The molecule has 1 aliphatic heterocycles. The van der Waals surface area contributed by atoms with Crippen LogP contribution in [0.1, 0.15) is 24.1 Å². The summed E-state index contributed by atoms with van der Waals surface area (Å²) >= 11 is 1.09. The monoisotopic (exact) mass is 371 g/mol. The maximum Gasteiger partial charge on any atom is 0.393 e. The van der Waals surface area contributed by atoms with Gasteiger partial charge in [-0.2, -0.15) is 18.2 Å². The summed E-state index contributed by atoms with van der Waals surface area (Å²) in [7, 11) is 1.71. The average molecular weight is 371 g/mol. The summed E-state index contributed by atoms with van der Waals surface area (Å²) in [6.45, 7) is 1.72. The van der Waals surface area contributed by atoms with Gasteiger partial charge < -0.3 is 16.0 Å². The van der Waals surface area contributed by atoms with E-state index in [1.165, 1.54) is 0 Å². The first-order chi connectivity index (χ1) is 11.8. The lowest BCUT2D eigenvalue weighted by atomic mass is 9.65. The normalized spacial score (nSPS) is 26.4. The van der Waals surface area contributed by atoms with Crippen LogP contribution in [0, 0.1) is 5.41 Å². The number of thiophene rings is 1. The molecule has 9 heteroatoms. The lowest BCUT2D eigenvalue weighted by Crippen LogP contribution is -2.47. The van der Waals surface area contributed by atoms with E-state index in [1.54, 1.807) is 13.1 Å². The van der Waals surface area contributed by atoms with Crippen LogP contribution in [0.5, 0.6) is 0 Å². The van der Waals surface area contributed by atoms with Crippen molar-refractivity contribution in [1.29, 1.82) is 0 Å². The van der Waals surface area contributed by atoms with E-state index >= 15 is 0 Å². The topological polar surface area (TPSA) is 67.1 Å². The molecule has 1 saturated heterocycles. The van der Waals surface area contributed by atoms with E-state index < -0.39 is 12.6 Å². The lowest BCUT2D eigenvalue weighted by Gasteiger charge is -2.43. The number of hydrogen-bond acceptors (Lipinski definition) is 6. The van der Waals surface area contributed by atoms with Gasteiger partial charge in [-0.05, 0) is 30.7 Å². The molecule has 4 rings (SSSR count). The van der Waals surface area contributed by atoms with Crippen LogP contribution in [0.15, 0.2) is 6.07 Å². The van der Waals surface area contributed by atoms with Crippen LogP contribution >= 0.6 is 11.3 Å². The van der Waals surface area contributed by atoms with E-state index in [-0.39, 0.29) is 16.3 Å². The van der Waals surface area contributed by atoms with E-state index in [2.05, 4.69) is 20.2 Å². The number of hydrogen-bond donors (Lipinski definition) is 2. The molecule has 1 spiro atoms. The van der Waals surface area contributed by atoms with Crippen molar-refractivity contribution in [3.8, 4) is 0 Å². The minimum Gasteiger partial charge on any atom is -0.357 e. The highest BCUT2D eigenvalue weighted by Crippen LogP contribution is 2.49. The van der Waals surface area contributed by atoms with Gasteiger partial charge in [0.05, 0.1) is 11.8 Å². The van der Waals surface area contributed by atoms with Gasteiger partial charge in [0.2, 0.25) is 5.95 Å². The molecule has 0 radical (unpaired) electrons. The Kier molecular flexibility index (Phi) is 3.84. The second kappa shape index (κ2) is 5.70. The Hall–Kier alpha value is -1.61. The summed E-state index contributed by atoms with van der Waals surface area (Å²) in [5, 5.41) is 3.62. The third-order valence-electron chi connectivity index (χ3n) is 5.15. The van der Waals surface area contributed by atoms with Gasteiger partial charge in [0.15, 0.2) is 0 Å². The molecule has 0 bridgehead atoms. The molecule has 136 valence electrons.